The second kappa shape index (κ2) is 7.46. The van der Waals surface area contributed by atoms with Gasteiger partial charge in [-0.15, -0.1) is 0 Å². The van der Waals surface area contributed by atoms with Crippen molar-refractivity contribution < 1.29 is 42.4 Å². The van der Waals surface area contributed by atoms with E-state index in [2.05, 4.69) is 85.2 Å². The SMILES string of the molecule is CC(C)(C)C#C[I+]c1ccc([I+]c2ccccc2)cc1. The maximum Gasteiger partial charge on any atom is 0.419 e. The van der Waals surface area contributed by atoms with Crippen molar-refractivity contribution >= 4 is 0 Å². The van der Waals surface area contributed by atoms with Crippen LogP contribution in [0.15, 0.2) is 54.6 Å². The first-order valence-electron chi connectivity index (χ1n) is 6.49. The molecular weight excluding hydrogens is 470 g/mol. The van der Waals surface area contributed by atoms with E-state index >= 15 is 0 Å². The van der Waals surface area contributed by atoms with Gasteiger partial charge >= 0.3 is 42.4 Å². The van der Waals surface area contributed by atoms with Gasteiger partial charge in [0.1, 0.15) is 0 Å². The Morgan fingerprint density at radius 3 is 1.90 bits per heavy atom. The molecule has 0 aromatic heterocycles. The Hall–Kier alpha value is -0.540. The molecular formula is C18H18I2+2. The summed E-state index contributed by atoms with van der Waals surface area (Å²) in [6.45, 7) is 6.49. The Morgan fingerprint density at radius 1 is 0.750 bits per heavy atom. The van der Waals surface area contributed by atoms with Gasteiger partial charge < -0.3 is 0 Å². The van der Waals surface area contributed by atoms with E-state index in [0.717, 1.165) is 0 Å². The van der Waals surface area contributed by atoms with Gasteiger partial charge in [-0.1, -0.05) is 18.2 Å². The average Bonchev–Trinajstić information content (AvgIpc) is 2.41. The third-order valence-corrected chi connectivity index (χ3v) is 6.90. The molecule has 0 heterocycles. The lowest BCUT2D eigenvalue weighted by atomic mass is 9.99. The first-order chi connectivity index (χ1) is 9.53. The molecule has 0 amide bonds. The highest BCUT2D eigenvalue weighted by Crippen LogP contribution is 2.08. The van der Waals surface area contributed by atoms with Crippen LogP contribution in [-0.4, -0.2) is 0 Å². The number of hydrogen-bond donors (Lipinski definition) is 0. The predicted octanol–water partition coefficient (Wildman–Crippen LogP) is -1.92. The Labute approximate surface area is 142 Å². The van der Waals surface area contributed by atoms with Crippen LogP contribution in [0.3, 0.4) is 0 Å². The molecule has 0 aliphatic heterocycles. The summed E-state index contributed by atoms with van der Waals surface area (Å²) in [5.41, 5.74) is 0.123. The van der Waals surface area contributed by atoms with Crippen LogP contribution in [-0.2, 0) is 0 Å². The minimum absolute atomic E-state index is 0.0404. The third kappa shape index (κ3) is 5.84. The zero-order valence-electron chi connectivity index (χ0n) is 12.0. The fourth-order valence-electron chi connectivity index (χ4n) is 1.38. The van der Waals surface area contributed by atoms with E-state index in [1.807, 2.05) is 0 Å². The molecule has 102 valence electrons. The maximum atomic E-state index is 3.38. The van der Waals surface area contributed by atoms with E-state index in [9.17, 15) is 0 Å². The highest BCUT2D eigenvalue weighted by atomic mass is 127. The molecule has 0 N–H and O–H groups in total. The van der Waals surface area contributed by atoms with Crippen LogP contribution in [0.25, 0.3) is 0 Å². The molecule has 2 aromatic carbocycles. The van der Waals surface area contributed by atoms with Gasteiger partial charge in [-0.3, -0.25) is 0 Å². The molecule has 0 fully saturated rings. The van der Waals surface area contributed by atoms with Gasteiger partial charge in [-0.05, 0) is 63.1 Å². The second-order valence-corrected chi connectivity index (χ2v) is 10.7. The van der Waals surface area contributed by atoms with Crippen molar-refractivity contribution in [3.8, 4) is 9.85 Å². The molecule has 0 radical (unpaired) electrons. The van der Waals surface area contributed by atoms with Gasteiger partial charge in [0.25, 0.3) is 0 Å². The van der Waals surface area contributed by atoms with Crippen LogP contribution in [0.5, 0.6) is 0 Å². The van der Waals surface area contributed by atoms with E-state index in [-0.39, 0.29) is 47.8 Å². The number of benzene rings is 2. The monoisotopic (exact) mass is 488 g/mol. The topological polar surface area (TPSA) is 0 Å². The van der Waals surface area contributed by atoms with Gasteiger partial charge in [0.15, 0.2) is 11.1 Å². The molecule has 0 atom stereocenters. The first-order valence-corrected chi connectivity index (χ1v) is 10.8. The molecule has 0 nitrogen and oxygen atoms in total. The highest BCUT2D eigenvalue weighted by Gasteiger charge is 2.17. The van der Waals surface area contributed by atoms with Gasteiger partial charge in [0.05, 0.1) is 0 Å². The molecule has 2 heteroatoms. The zero-order valence-corrected chi connectivity index (χ0v) is 16.3. The maximum absolute atomic E-state index is 3.38. The average molecular weight is 488 g/mol. The van der Waals surface area contributed by atoms with E-state index < -0.39 is 0 Å². The molecule has 0 spiro atoms. The van der Waals surface area contributed by atoms with Crippen molar-refractivity contribution in [3.63, 3.8) is 0 Å². The molecule has 20 heavy (non-hydrogen) atoms. The lowest BCUT2D eigenvalue weighted by Crippen LogP contribution is -3.61. The summed E-state index contributed by atoms with van der Waals surface area (Å²) < 4.78 is 7.75. The molecule has 2 rings (SSSR count). The lowest BCUT2D eigenvalue weighted by molar-refractivity contribution is -0.598. The smallest absolute Gasteiger partial charge is 0.0619 e. The van der Waals surface area contributed by atoms with Crippen LogP contribution in [0.2, 0.25) is 0 Å². The number of hydrogen-bond acceptors (Lipinski definition) is 0. The highest BCUT2D eigenvalue weighted by molar-refractivity contribution is 5.04. The Morgan fingerprint density at radius 2 is 1.30 bits per heavy atom. The van der Waals surface area contributed by atoms with E-state index in [1.165, 1.54) is 10.7 Å². The number of halogens is 2. The standard InChI is InChI=1S/C18H18I2/c1-18(2,3)13-14-19-15-9-11-17(12-10-15)20-16-7-5-4-6-8-16/h4-12H,1-3H3/q+2. The molecule has 2 aromatic rings. The molecule has 0 aliphatic carbocycles. The van der Waals surface area contributed by atoms with Crippen LogP contribution in [0.4, 0.5) is 0 Å². The molecule has 0 saturated carbocycles. The van der Waals surface area contributed by atoms with E-state index in [1.54, 1.807) is 0 Å². The summed E-state index contributed by atoms with van der Waals surface area (Å²) in [5.74, 6) is 3.33. The van der Waals surface area contributed by atoms with Crippen LogP contribution >= 0.6 is 0 Å². The van der Waals surface area contributed by atoms with Crippen molar-refractivity contribution in [2.45, 2.75) is 20.8 Å². The molecule has 0 bridgehead atoms. The minimum atomic E-state index is -0.161. The first kappa shape index (κ1) is 15.8. The fraction of sp³-hybridized carbons (Fsp3) is 0.222. The van der Waals surface area contributed by atoms with Crippen LogP contribution < -0.4 is 42.4 Å². The molecule has 0 saturated heterocycles. The summed E-state index contributed by atoms with van der Waals surface area (Å²) in [4.78, 5) is 0. The van der Waals surface area contributed by atoms with Crippen molar-refractivity contribution in [2.24, 2.45) is 5.41 Å². The summed E-state index contributed by atoms with van der Waals surface area (Å²) in [7, 11) is 0. The largest absolute Gasteiger partial charge is 0.419 e. The quantitative estimate of drug-likeness (QED) is 0.350. The van der Waals surface area contributed by atoms with Gasteiger partial charge in [0.2, 0.25) is 3.57 Å². The van der Waals surface area contributed by atoms with E-state index in [0.29, 0.717) is 0 Å². The van der Waals surface area contributed by atoms with E-state index in [4.69, 9.17) is 0 Å². The van der Waals surface area contributed by atoms with Crippen LogP contribution in [0, 0.1) is 26.0 Å². The van der Waals surface area contributed by atoms with Crippen LogP contribution in [0.1, 0.15) is 20.8 Å². The van der Waals surface area contributed by atoms with Gasteiger partial charge in [0, 0.05) is 5.41 Å². The van der Waals surface area contributed by atoms with Gasteiger partial charge in [-0.2, -0.15) is 0 Å². The summed E-state index contributed by atoms with van der Waals surface area (Å²) in [6, 6.07) is 19.9. The normalized spacial score (nSPS) is 10.8. The van der Waals surface area contributed by atoms with Gasteiger partial charge in [-0.25, -0.2) is 0 Å². The summed E-state index contributed by atoms with van der Waals surface area (Å²) in [6.07, 6.45) is 0. The summed E-state index contributed by atoms with van der Waals surface area (Å²) in [5, 5.41) is 0. The molecule has 0 unspecified atom stereocenters. The summed E-state index contributed by atoms with van der Waals surface area (Å²) >= 11 is -0.202. The number of rotatable bonds is 3. The fourth-order valence-corrected chi connectivity index (χ4v) is 5.57. The lowest BCUT2D eigenvalue weighted by Gasteiger charge is -2.04. The Balaban J connectivity index is 1.98. The predicted molar refractivity (Wildman–Crippen MR) is 76.2 cm³/mol. The second-order valence-electron chi connectivity index (χ2n) is 5.39. The molecule has 0 aliphatic rings. The van der Waals surface area contributed by atoms with Crippen molar-refractivity contribution in [3.05, 3.63) is 65.3 Å². The Bertz CT molecular complexity index is 596. The minimum Gasteiger partial charge on any atom is -0.0619 e. The van der Waals surface area contributed by atoms with Crippen molar-refractivity contribution in [2.75, 3.05) is 0 Å². The van der Waals surface area contributed by atoms with Crippen molar-refractivity contribution in [1.29, 1.82) is 0 Å². The third-order valence-electron chi connectivity index (χ3n) is 2.33. The zero-order chi connectivity index (χ0) is 14.4. The Kier molecular flexibility index (Phi) is 5.91. The van der Waals surface area contributed by atoms with Crippen molar-refractivity contribution in [1.82, 2.24) is 0 Å².